The summed E-state index contributed by atoms with van der Waals surface area (Å²) in [5.41, 5.74) is 2.99. The molecule has 0 bridgehead atoms. The average Bonchev–Trinajstić information content (AvgIpc) is 2.67. The first-order valence-electron chi connectivity index (χ1n) is 9.66. The Morgan fingerprint density at radius 2 is 1.76 bits per heavy atom. The van der Waals surface area contributed by atoms with Gasteiger partial charge in [0.05, 0.1) is 29.5 Å². The monoisotopic (exact) mass is 415 g/mol. The molecule has 2 amide bonds. The van der Waals surface area contributed by atoms with E-state index >= 15 is 0 Å². The number of nitrogens with one attached hydrogen (secondary N) is 2. The van der Waals surface area contributed by atoms with Crippen molar-refractivity contribution in [3.05, 3.63) is 58.6 Å². The standard InChI is InChI=1S/C22H26ClN3O3/c1-14-4-9-20(19(23)10-14)25-21(27)11-24-18-7-5-17(6-8-18)22(28)26-12-15(2)29-16(3)13-26/h4-10,15-16,24H,11-13H2,1-3H3,(H,25,27). The molecule has 0 radical (unpaired) electrons. The van der Waals surface area contributed by atoms with E-state index in [4.69, 9.17) is 16.3 Å². The predicted molar refractivity (Wildman–Crippen MR) is 116 cm³/mol. The van der Waals surface area contributed by atoms with Crippen LogP contribution < -0.4 is 10.6 Å². The fourth-order valence-electron chi connectivity index (χ4n) is 3.36. The fraction of sp³-hybridized carbons (Fsp3) is 0.364. The van der Waals surface area contributed by atoms with Crippen molar-refractivity contribution in [1.82, 2.24) is 4.90 Å². The summed E-state index contributed by atoms with van der Waals surface area (Å²) in [6.07, 6.45) is 0.0633. The van der Waals surface area contributed by atoms with Crippen LogP contribution in [0.2, 0.25) is 5.02 Å². The molecule has 1 aliphatic heterocycles. The lowest BCUT2D eigenvalue weighted by Crippen LogP contribution is -2.48. The molecule has 0 spiro atoms. The Bertz CT molecular complexity index is 875. The molecule has 3 rings (SSSR count). The van der Waals surface area contributed by atoms with Crippen LogP contribution in [-0.4, -0.2) is 48.6 Å². The van der Waals surface area contributed by atoms with Gasteiger partial charge < -0.3 is 20.3 Å². The summed E-state index contributed by atoms with van der Waals surface area (Å²) in [6.45, 7) is 7.15. The third-order valence-electron chi connectivity index (χ3n) is 4.69. The first-order valence-corrected chi connectivity index (χ1v) is 10.0. The Balaban J connectivity index is 1.53. The SMILES string of the molecule is Cc1ccc(NC(=O)CNc2ccc(C(=O)N3CC(C)OC(C)C3)cc2)c(Cl)c1. The third-order valence-corrected chi connectivity index (χ3v) is 5.00. The molecule has 0 aromatic heterocycles. The largest absolute Gasteiger partial charge is 0.376 e. The van der Waals surface area contributed by atoms with Crippen molar-refractivity contribution in [3.8, 4) is 0 Å². The van der Waals surface area contributed by atoms with E-state index < -0.39 is 0 Å². The Kier molecular flexibility index (Phi) is 6.77. The minimum atomic E-state index is -0.202. The molecule has 2 unspecified atom stereocenters. The second-order valence-corrected chi connectivity index (χ2v) is 7.84. The van der Waals surface area contributed by atoms with Crippen LogP contribution in [-0.2, 0) is 9.53 Å². The number of aryl methyl sites for hydroxylation is 1. The molecule has 1 heterocycles. The van der Waals surface area contributed by atoms with Crippen LogP contribution in [0.4, 0.5) is 11.4 Å². The second-order valence-electron chi connectivity index (χ2n) is 7.43. The maximum atomic E-state index is 12.7. The third kappa shape index (κ3) is 5.71. The summed E-state index contributed by atoms with van der Waals surface area (Å²) in [7, 11) is 0. The van der Waals surface area contributed by atoms with Gasteiger partial charge in [0.15, 0.2) is 0 Å². The lowest BCUT2D eigenvalue weighted by molar-refractivity contribution is -0.114. The molecule has 0 aliphatic carbocycles. The minimum absolute atomic E-state index is 0.00898. The molecule has 2 aromatic carbocycles. The normalized spacial score (nSPS) is 19.0. The van der Waals surface area contributed by atoms with Crippen LogP contribution in [0, 0.1) is 6.92 Å². The van der Waals surface area contributed by atoms with Crippen molar-refractivity contribution in [1.29, 1.82) is 0 Å². The number of halogens is 1. The van der Waals surface area contributed by atoms with Crippen molar-refractivity contribution >= 4 is 34.8 Å². The summed E-state index contributed by atoms with van der Waals surface area (Å²) >= 11 is 6.14. The lowest BCUT2D eigenvalue weighted by Gasteiger charge is -2.35. The smallest absolute Gasteiger partial charge is 0.254 e. The Morgan fingerprint density at radius 3 is 2.38 bits per heavy atom. The van der Waals surface area contributed by atoms with Gasteiger partial charge in [-0.1, -0.05) is 17.7 Å². The molecule has 29 heavy (non-hydrogen) atoms. The van der Waals surface area contributed by atoms with Crippen LogP contribution in [0.15, 0.2) is 42.5 Å². The van der Waals surface area contributed by atoms with E-state index in [9.17, 15) is 9.59 Å². The zero-order valence-electron chi connectivity index (χ0n) is 16.9. The summed E-state index contributed by atoms with van der Waals surface area (Å²) in [4.78, 5) is 26.7. The Hall–Kier alpha value is -2.57. The summed E-state index contributed by atoms with van der Waals surface area (Å²) in [5, 5.41) is 6.35. The van der Waals surface area contributed by atoms with Crippen molar-refractivity contribution in [2.45, 2.75) is 33.0 Å². The minimum Gasteiger partial charge on any atom is -0.376 e. The number of carbonyl (C=O) groups excluding carboxylic acids is 2. The van der Waals surface area contributed by atoms with Crippen molar-refractivity contribution in [2.75, 3.05) is 30.3 Å². The van der Waals surface area contributed by atoms with Crippen LogP contribution in [0.3, 0.4) is 0 Å². The van der Waals surface area contributed by atoms with Gasteiger partial charge >= 0.3 is 0 Å². The molecule has 154 valence electrons. The molecule has 2 atom stereocenters. The van der Waals surface area contributed by atoms with Gasteiger partial charge in [-0.15, -0.1) is 0 Å². The van der Waals surface area contributed by atoms with Gasteiger partial charge in [0, 0.05) is 24.3 Å². The maximum Gasteiger partial charge on any atom is 0.254 e. The number of benzene rings is 2. The van der Waals surface area contributed by atoms with Gasteiger partial charge in [-0.3, -0.25) is 9.59 Å². The quantitative estimate of drug-likeness (QED) is 0.775. The number of hydrogen-bond acceptors (Lipinski definition) is 4. The molecule has 6 nitrogen and oxygen atoms in total. The van der Waals surface area contributed by atoms with Gasteiger partial charge in [0.25, 0.3) is 5.91 Å². The van der Waals surface area contributed by atoms with E-state index in [0.717, 1.165) is 11.3 Å². The summed E-state index contributed by atoms with van der Waals surface area (Å²) in [6, 6.07) is 12.6. The van der Waals surface area contributed by atoms with E-state index in [1.807, 2.05) is 31.7 Å². The number of ether oxygens (including phenoxy) is 1. The predicted octanol–water partition coefficient (Wildman–Crippen LogP) is 3.95. The molecule has 7 heteroatoms. The van der Waals surface area contributed by atoms with Gasteiger partial charge in [0.1, 0.15) is 0 Å². The van der Waals surface area contributed by atoms with E-state index in [-0.39, 0.29) is 30.6 Å². The van der Waals surface area contributed by atoms with Gasteiger partial charge in [0.2, 0.25) is 5.91 Å². The highest BCUT2D eigenvalue weighted by Gasteiger charge is 2.26. The molecule has 0 saturated carbocycles. The van der Waals surface area contributed by atoms with Crippen LogP contribution >= 0.6 is 11.6 Å². The number of anilines is 2. The van der Waals surface area contributed by atoms with Crippen LogP contribution in [0.5, 0.6) is 0 Å². The second kappa shape index (κ2) is 9.29. The molecule has 1 fully saturated rings. The highest BCUT2D eigenvalue weighted by Crippen LogP contribution is 2.22. The van der Waals surface area contributed by atoms with Crippen molar-refractivity contribution in [2.24, 2.45) is 0 Å². The van der Waals surface area contributed by atoms with Gasteiger partial charge in [-0.2, -0.15) is 0 Å². The van der Waals surface area contributed by atoms with E-state index in [2.05, 4.69) is 10.6 Å². The van der Waals surface area contributed by atoms with Crippen LogP contribution in [0.25, 0.3) is 0 Å². The molecular formula is C22H26ClN3O3. The highest BCUT2D eigenvalue weighted by molar-refractivity contribution is 6.33. The van der Waals surface area contributed by atoms with E-state index in [1.54, 1.807) is 36.4 Å². The molecule has 1 saturated heterocycles. The Labute approximate surface area is 176 Å². The number of nitrogens with zero attached hydrogens (tertiary/aromatic N) is 1. The number of carbonyl (C=O) groups is 2. The Morgan fingerprint density at radius 1 is 1.10 bits per heavy atom. The molecule has 2 N–H and O–H groups in total. The summed E-state index contributed by atoms with van der Waals surface area (Å²) < 4.78 is 5.68. The maximum absolute atomic E-state index is 12.7. The molecule has 2 aromatic rings. The van der Waals surface area contributed by atoms with E-state index in [1.165, 1.54) is 0 Å². The van der Waals surface area contributed by atoms with Crippen LogP contribution in [0.1, 0.15) is 29.8 Å². The average molecular weight is 416 g/mol. The number of morpholine rings is 1. The number of rotatable bonds is 5. The zero-order valence-corrected chi connectivity index (χ0v) is 17.6. The first-order chi connectivity index (χ1) is 13.8. The zero-order chi connectivity index (χ0) is 21.0. The van der Waals surface area contributed by atoms with Crippen molar-refractivity contribution in [3.63, 3.8) is 0 Å². The highest BCUT2D eigenvalue weighted by atomic mass is 35.5. The van der Waals surface area contributed by atoms with Gasteiger partial charge in [-0.05, 0) is 62.7 Å². The summed E-state index contributed by atoms with van der Waals surface area (Å²) in [5.74, 6) is -0.211. The number of amides is 2. The topological polar surface area (TPSA) is 70.7 Å². The lowest BCUT2D eigenvalue weighted by atomic mass is 10.1. The molecular weight excluding hydrogens is 390 g/mol. The van der Waals surface area contributed by atoms with Gasteiger partial charge in [-0.25, -0.2) is 0 Å². The fourth-order valence-corrected chi connectivity index (χ4v) is 3.64. The number of hydrogen-bond donors (Lipinski definition) is 2. The first kappa shape index (κ1) is 21.1. The van der Waals surface area contributed by atoms with E-state index in [0.29, 0.717) is 29.4 Å². The molecule has 1 aliphatic rings. The van der Waals surface area contributed by atoms with Crippen molar-refractivity contribution < 1.29 is 14.3 Å².